The molecule has 82 valence electrons. The Morgan fingerprint density at radius 2 is 2.00 bits per heavy atom. The van der Waals surface area contributed by atoms with Gasteiger partial charge in [0.15, 0.2) is 0 Å². The summed E-state index contributed by atoms with van der Waals surface area (Å²) in [6, 6.07) is 0. The molecule has 2 heterocycles. The van der Waals surface area contributed by atoms with E-state index < -0.39 is 8.87 Å². The van der Waals surface area contributed by atoms with Crippen LogP contribution in [-0.2, 0) is 13.7 Å². The van der Waals surface area contributed by atoms with Gasteiger partial charge in [-0.05, 0) is 0 Å². The van der Waals surface area contributed by atoms with Crippen molar-refractivity contribution in [2.45, 2.75) is 0 Å². The summed E-state index contributed by atoms with van der Waals surface area (Å²) in [5, 5.41) is 1.50. The van der Waals surface area contributed by atoms with Gasteiger partial charge in [0.05, 0.1) is 5.70 Å². The third-order valence-electron chi connectivity index (χ3n) is 2.30. The fourth-order valence-corrected chi connectivity index (χ4v) is 4.63. The molecular weight excluding hydrogens is 236 g/mol. The van der Waals surface area contributed by atoms with Crippen LogP contribution in [0.25, 0.3) is 0 Å². The lowest BCUT2D eigenvalue weighted by atomic mass is 10.4. The molecule has 0 saturated heterocycles. The highest BCUT2D eigenvalue weighted by Crippen LogP contribution is 2.45. The number of carbonyl (C=O) groups is 1. The van der Waals surface area contributed by atoms with Gasteiger partial charge in [0.2, 0.25) is 8.87 Å². The number of hydrogen-bond acceptors (Lipinski definition) is 5. The predicted octanol–water partition coefficient (Wildman–Crippen LogP) is 0.150. The lowest BCUT2D eigenvalue weighted by Gasteiger charge is -2.14. The van der Waals surface area contributed by atoms with Crippen molar-refractivity contribution in [2.24, 2.45) is 0 Å². The minimum absolute atomic E-state index is 0.144. The maximum Gasteiger partial charge on any atom is 0.275 e. The van der Waals surface area contributed by atoms with Crippen LogP contribution < -0.4 is 0 Å². The fraction of sp³-hybridized carbons (Fsp3) is 0.375. The van der Waals surface area contributed by atoms with Crippen LogP contribution in [0.4, 0.5) is 0 Å². The molecule has 0 aromatic carbocycles. The van der Waals surface area contributed by atoms with Crippen LogP contribution >= 0.6 is 10.8 Å². The third kappa shape index (κ3) is 1.30. The van der Waals surface area contributed by atoms with Crippen LogP contribution in [0.2, 0.25) is 0 Å². The van der Waals surface area contributed by atoms with Crippen molar-refractivity contribution in [1.82, 2.24) is 9.80 Å². The molecule has 0 unspecified atom stereocenters. The van der Waals surface area contributed by atoms with E-state index in [0.717, 1.165) is 10.8 Å². The second-order valence-electron chi connectivity index (χ2n) is 3.49. The first-order chi connectivity index (χ1) is 6.86. The van der Waals surface area contributed by atoms with E-state index in [1.165, 1.54) is 10.3 Å². The van der Waals surface area contributed by atoms with Gasteiger partial charge in [-0.1, -0.05) is 0 Å². The molecule has 0 aromatic heterocycles. The highest BCUT2D eigenvalue weighted by atomic mass is 33.1. The molecule has 0 N–H and O–H groups in total. The molecule has 0 aromatic rings. The molecule has 2 rings (SSSR count). The van der Waals surface area contributed by atoms with Gasteiger partial charge >= 0.3 is 0 Å². The third-order valence-corrected chi connectivity index (χ3v) is 5.32. The summed E-state index contributed by atoms with van der Waals surface area (Å²) in [5.41, 5.74) is 0.724. The Morgan fingerprint density at radius 1 is 1.40 bits per heavy atom. The number of nitrogens with zero attached hydrogens (tertiary/aromatic N) is 2. The van der Waals surface area contributed by atoms with Gasteiger partial charge in [-0.15, -0.1) is 0 Å². The van der Waals surface area contributed by atoms with Gasteiger partial charge in [-0.2, -0.15) is 0 Å². The van der Waals surface area contributed by atoms with Crippen LogP contribution in [0, 0.1) is 0 Å². The van der Waals surface area contributed by atoms with Crippen molar-refractivity contribution in [3.8, 4) is 0 Å². The first-order valence-corrected chi connectivity index (χ1v) is 7.07. The Balaban J connectivity index is 2.71. The second kappa shape index (κ2) is 3.02. The predicted molar refractivity (Wildman–Crippen MR) is 58.1 cm³/mol. The molecule has 0 atom stereocenters. The summed E-state index contributed by atoms with van der Waals surface area (Å²) >= 11 is 0. The minimum atomic E-state index is -3.38. The van der Waals surface area contributed by atoms with Crippen LogP contribution in [0.3, 0.4) is 0 Å². The number of fused-ring (bicyclic) bond motifs is 1. The van der Waals surface area contributed by atoms with Gasteiger partial charge in [0.1, 0.15) is 10.6 Å². The Bertz CT molecular complexity index is 502. The largest absolute Gasteiger partial charge is 0.372 e. The summed E-state index contributed by atoms with van der Waals surface area (Å²) in [6.07, 6.45) is 0. The number of hydrogen-bond donors (Lipinski definition) is 0. The van der Waals surface area contributed by atoms with Crippen molar-refractivity contribution in [2.75, 3.05) is 21.1 Å². The quantitative estimate of drug-likeness (QED) is 0.616. The average Bonchev–Trinajstić information content (AvgIpc) is 2.54. The van der Waals surface area contributed by atoms with E-state index in [9.17, 15) is 13.2 Å². The summed E-state index contributed by atoms with van der Waals surface area (Å²) < 4.78 is 23.4. The molecular formula is C8H10N2O3S2. The van der Waals surface area contributed by atoms with Crippen LogP contribution in [0.1, 0.15) is 0 Å². The zero-order valence-electron chi connectivity index (χ0n) is 8.51. The van der Waals surface area contributed by atoms with E-state index >= 15 is 0 Å². The molecule has 0 spiro atoms. The van der Waals surface area contributed by atoms with Gasteiger partial charge in [0.25, 0.3) is 5.91 Å². The first-order valence-electron chi connectivity index (χ1n) is 4.20. The lowest BCUT2D eigenvalue weighted by molar-refractivity contribution is -0.124. The van der Waals surface area contributed by atoms with E-state index in [1.54, 1.807) is 26.0 Å². The topological polar surface area (TPSA) is 57.7 Å². The normalized spacial score (nSPS) is 23.3. The number of amides is 1. The number of likely N-dealkylation sites (N-methyl/N-ethyl adjacent to an activating group) is 2. The van der Waals surface area contributed by atoms with Gasteiger partial charge in [0, 0.05) is 37.3 Å². The Labute approximate surface area is 91.7 Å². The molecule has 0 saturated carbocycles. The van der Waals surface area contributed by atoms with E-state index in [0.29, 0.717) is 5.70 Å². The van der Waals surface area contributed by atoms with Crippen molar-refractivity contribution < 1.29 is 13.2 Å². The van der Waals surface area contributed by atoms with Gasteiger partial charge in [-0.25, -0.2) is 8.42 Å². The standard InChI is InChI=1S/C8H10N2O3S2/c1-9(2)6-7-5(10(3)8(6)11)4-14-15(7,12)13/h4H,1-3H3. The number of carbonyl (C=O) groups excluding carboxylic acids is 1. The summed E-state index contributed by atoms with van der Waals surface area (Å²) in [6.45, 7) is 0. The van der Waals surface area contributed by atoms with Crippen molar-refractivity contribution in [3.05, 3.63) is 21.7 Å². The molecule has 2 aliphatic rings. The fourth-order valence-electron chi connectivity index (χ4n) is 1.57. The summed E-state index contributed by atoms with van der Waals surface area (Å²) in [5.74, 6) is -0.273. The van der Waals surface area contributed by atoms with E-state index in [4.69, 9.17) is 0 Å². The molecule has 0 radical (unpaired) electrons. The first kappa shape index (κ1) is 10.6. The smallest absolute Gasteiger partial charge is 0.275 e. The van der Waals surface area contributed by atoms with Crippen molar-refractivity contribution in [3.63, 3.8) is 0 Å². The maximum atomic E-state index is 11.8. The van der Waals surface area contributed by atoms with Crippen molar-refractivity contribution >= 4 is 25.6 Å². The Morgan fingerprint density at radius 3 is 2.53 bits per heavy atom. The van der Waals surface area contributed by atoms with Crippen LogP contribution in [0.15, 0.2) is 21.7 Å². The zero-order chi connectivity index (χ0) is 11.4. The summed E-state index contributed by atoms with van der Waals surface area (Å²) in [7, 11) is 2.27. The monoisotopic (exact) mass is 246 g/mol. The van der Waals surface area contributed by atoms with Gasteiger partial charge < -0.3 is 9.80 Å². The van der Waals surface area contributed by atoms with Crippen LogP contribution in [0.5, 0.6) is 0 Å². The van der Waals surface area contributed by atoms with Crippen molar-refractivity contribution in [1.29, 1.82) is 0 Å². The minimum Gasteiger partial charge on any atom is -0.372 e. The highest BCUT2D eigenvalue weighted by Gasteiger charge is 2.44. The SMILES string of the molecule is CN(C)C1=C2C(=CSS2(=O)=O)N(C)C1=O. The molecule has 2 aliphatic heterocycles. The molecule has 1 amide bonds. The lowest BCUT2D eigenvalue weighted by Crippen LogP contribution is -2.26. The van der Waals surface area contributed by atoms with E-state index in [1.807, 2.05) is 0 Å². The summed E-state index contributed by atoms with van der Waals surface area (Å²) in [4.78, 5) is 14.8. The molecule has 5 nitrogen and oxygen atoms in total. The van der Waals surface area contributed by atoms with Crippen LogP contribution in [-0.4, -0.2) is 45.3 Å². The molecule has 0 bridgehead atoms. The molecule has 15 heavy (non-hydrogen) atoms. The van der Waals surface area contributed by atoms with Gasteiger partial charge in [-0.3, -0.25) is 4.79 Å². The van der Waals surface area contributed by atoms with E-state index in [2.05, 4.69) is 0 Å². The second-order valence-corrected chi connectivity index (χ2v) is 7.13. The van der Waals surface area contributed by atoms with E-state index in [-0.39, 0.29) is 16.5 Å². The highest BCUT2D eigenvalue weighted by molar-refractivity contribution is 8.75. The Hall–Kier alpha value is -0.950. The maximum absolute atomic E-state index is 11.8. The Kier molecular flexibility index (Phi) is 2.13. The average molecular weight is 246 g/mol. The zero-order valence-corrected chi connectivity index (χ0v) is 10.1. The molecule has 0 fully saturated rings. The molecule has 7 heteroatoms. The molecule has 0 aliphatic carbocycles. The number of rotatable bonds is 1.